The highest BCUT2D eigenvalue weighted by atomic mass is 32.1. The van der Waals surface area contributed by atoms with Gasteiger partial charge in [-0.2, -0.15) is 8.78 Å². The highest BCUT2D eigenvalue weighted by molar-refractivity contribution is 7.13. The van der Waals surface area contributed by atoms with Crippen molar-refractivity contribution < 1.29 is 22.7 Å². The molecule has 30 heavy (non-hydrogen) atoms. The molecule has 0 radical (unpaired) electrons. The third-order valence-corrected chi connectivity index (χ3v) is 4.82. The SMILES string of the molecule is CCOc1cccc(CNC(=NC)NCc2coc(-c3cccs3)n2)c1OC(F)F. The molecule has 7 nitrogen and oxygen atoms in total. The molecule has 2 aromatic heterocycles. The number of aliphatic imine (C=N–C) groups is 1. The molecule has 0 atom stereocenters. The summed E-state index contributed by atoms with van der Waals surface area (Å²) in [5.41, 5.74) is 1.23. The van der Waals surface area contributed by atoms with Crippen LogP contribution in [0.25, 0.3) is 10.8 Å². The fourth-order valence-electron chi connectivity index (χ4n) is 2.67. The summed E-state index contributed by atoms with van der Waals surface area (Å²) in [4.78, 5) is 9.53. The lowest BCUT2D eigenvalue weighted by atomic mass is 10.2. The van der Waals surface area contributed by atoms with Gasteiger partial charge < -0.3 is 24.5 Å². The predicted octanol–water partition coefficient (Wildman–Crippen LogP) is 4.27. The van der Waals surface area contributed by atoms with Crippen LogP contribution in [-0.2, 0) is 13.1 Å². The fourth-order valence-corrected chi connectivity index (χ4v) is 3.32. The van der Waals surface area contributed by atoms with Crippen LogP contribution < -0.4 is 20.1 Å². The summed E-state index contributed by atoms with van der Waals surface area (Å²) in [5, 5.41) is 8.14. The van der Waals surface area contributed by atoms with Crippen molar-refractivity contribution in [2.45, 2.75) is 26.6 Å². The predicted molar refractivity (Wildman–Crippen MR) is 111 cm³/mol. The zero-order valence-corrected chi connectivity index (χ0v) is 17.3. The summed E-state index contributed by atoms with van der Waals surface area (Å²) in [6, 6.07) is 8.86. The number of halogens is 2. The van der Waals surface area contributed by atoms with Crippen LogP contribution in [0.4, 0.5) is 8.78 Å². The summed E-state index contributed by atoms with van der Waals surface area (Å²) >= 11 is 1.55. The standard InChI is InChI=1S/C20H22F2N4O3S/c1-3-27-15-7-4-6-13(17(15)29-19(21)22)10-24-20(23-2)25-11-14-12-28-18(26-14)16-8-5-9-30-16/h4-9,12,19H,3,10-11H2,1-2H3,(H2,23,24,25). The first kappa shape index (κ1) is 21.6. The minimum Gasteiger partial charge on any atom is -0.490 e. The smallest absolute Gasteiger partial charge is 0.387 e. The van der Waals surface area contributed by atoms with Crippen molar-refractivity contribution in [3.05, 3.63) is 53.2 Å². The number of nitrogens with one attached hydrogen (secondary N) is 2. The van der Waals surface area contributed by atoms with Gasteiger partial charge in [-0.15, -0.1) is 11.3 Å². The van der Waals surface area contributed by atoms with Crippen LogP contribution in [0, 0.1) is 0 Å². The van der Waals surface area contributed by atoms with Gasteiger partial charge in [-0.25, -0.2) is 4.98 Å². The number of nitrogens with zero attached hydrogens (tertiary/aromatic N) is 2. The quantitative estimate of drug-likeness (QED) is 0.385. The summed E-state index contributed by atoms with van der Waals surface area (Å²) in [6.07, 6.45) is 1.58. The number of para-hydroxylation sites is 1. The van der Waals surface area contributed by atoms with E-state index in [1.807, 2.05) is 17.5 Å². The minimum absolute atomic E-state index is 0.00870. The first-order chi connectivity index (χ1) is 14.6. The average Bonchev–Trinajstić information content (AvgIpc) is 3.41. The second-order valence-corrected chi connectivity index (χ2v) is 6.90. The van der Waals surface area contributed by atoms with Gasteiger partial charge in [0.2, 0.25) is 5.89 Å². The van der Waals surface area contributed by atoms with E-state index in [4.69, 9.17) is 9.15 Å². The van der Waals surface area contributed by atoms with Crippen molar-refractivity contribution in [3.63, 3.8) is 0 Å². The van der Waals surface area contributed by atoms with Crippen molar-refractivity contribution in [2.24, 2.45) is 4.99 Å². The number of thiophene rings is 1. The van der Waals surface area contributed by atoms with Crippen molar-refractivity contribution in [2.75, 3.05) is 13.7 Å². The van der Waals surface area contributed by atoms with Crippen molar-refractivity contribution in [1.29, 1.82) is 0 Å². The summed E-state index contributed by atoms with van der Waals surface area (Å²) in [6.45, 7) is -0.246. The molecule has 2 heterocycles. The number of aromatic nitrogens is 1. The molecule has 0 amide bonds. The lowest BCUT2D eigenvalue weighted by Crippen LogP contribution is -2.36. The van der Waals surface area contributed by atoms with Crippen LogP contribution in [0.3, 0.4) is 0 Å². The van der Waals surface area contributed by atoms with E-state index in [2.05, 4.69) is 25.3 Å². The minimum atomic E-state index is -2.95. The number of hydrogen-bond acceptors (Lipinski definition) is 6. The molecule has 0 aliphatic carbocycles. The molecule has 0 saturated heterocycles. The molecule has 0 fully saturated rings. The maximum absolute atomic E-state index is 12.8. The first-order valence-electron chi connectivity index (χ1n) is 9.23. The lowest BCUT2D eigenvalue weighted by Gasteiger charge is -2.17. The molecule has 0 aliphatic rings. The Hall–Kier alpha value is -3.14. The van der Waals surface area contributed by atoms with Crippen LogP contribution in [0.15, 0.2) is 51.4 Å². The van der Waals surface area contributed by atoms with Gasteiger partial charge in [-0.05, 0) is 24.4 Å². The van der Waals surface area contributed by atoms with Crippen LogP contribution in [0.5, 0.6) is 11.5 Å². The highest BCUT2D eigenvalue weighted by Crippen LogP contribution is 2.32. The molecule has 0 unspecified atom stereocenters. The lowest BCUT2D eigenvalue weighted by molar-refractivity contribution is -0.0520. The Labute approximate surface area is 176 Å². The molecule has 0 spiro atoms. The van der Waals surface area contributed by atoms with E-state index in [1.165, 1.54) is 0 Å². The summed E-state index contributed by atoms with van der Waals surface area (Å²) < 4.78 is 41.3. The number of rotatable bonds is 9. The zero-order valence-electron chi connectivity index (χ0n) is 16.5. The molecule has 160 valence electrons. The number of oxazole rings is 1. The Morgan fingerprint density at radius 3 is 2.77 bits per heavy atom. The van der Waals surface area contributed by atoms with Gasteiger partial charge in [0.05, 0.1) is 23.7 Å². The molecule has 10 heteroatoms. The molecule has 1 aromatic carbocycles. The third kappa shape index (κ3) is 5.69. The average molecular weight is 436 g/mol. The number of alkyl halides is 2. The van der Waals surface area contributed by atoms with E-state index < -0.39 is 6.61 Å². The van der Waals surface area contributed by atoms with Crippen molar-refractivity contribution in [3.8, 4) is 22.3 Å². The molecule has 0 bridgehead atoms. The maximum Gasteiger partial charge on any atom is 0.387 e. The Morgan fingerprint density at radius 1 is 1.23 bits per heavy atom. The first-order valence-corrected chi connectivity index (χ1v) is 10.1. The monoisotopic (exact) mass is 436 g/mol. The summed E-state index contributed by atoms with van der Waals surface area (Å²) in [5.74, 6) is 1.31. The van der Waals surface area contributed by atoms with Gasteiger partial charge in [0.1, 0.15) is 6.26 Å². The number of hydrogen-bond donors (Lipinski definition) is 2. The van der Waals surface area contributed by atoms with Crippen LogP contribution in [0.2, 0.25) is 0 Å². The van der Waals surface area contributed by atoms with Gasteiger partial charge in [0.25, 0.3) is 0 Å². The fraction of sp³-hybridized carbons (Fsp3) is 0.300. The van der Waals surface area contributed by atoms with E-state index in [9.17, 15) is 8.78 Å². The largest absolute Gasteiger partial charge is 0.490 e. The molecular formula is C20H22F2N4O3S. The van der Waals surface area contributed by atoms with Crippen LogP contribution >= 0.6 is 11.3 Å². The molecule has 3 rings (SSSR count). The van der Waals surface area contributed by atoms with Crippen LogP contribution in [-0.4, -0.2) is 31.2 Å². The Kier molecular flexibility index (Phi) is 7.61. The van der Waals surface area contributed by atoms with Gasteiger partial charge in [-0.1, -0.05) is 18.2 Å². The van der Waals surface area contributed by atoms with E-state index in [1.54, 1.807) is 49.8 Å². The van der Waals surface area contributed by atoms with Gasteiger partial charge in [0.15, 0.2) is 17.5 Å². The highest BCUT2D eigenvalue weighted by Gasteiger charge is 2.16. The van der Waals surface area contributed by atoms with Gasteiger partial charge in [0, 0.05) is 19.2 Å². The maximum atomic E-state index is 12.8. The number of benzene rings is 1. The topological polar surface area (TPSA) is 80.9 Å². The van der Waals surface area contributed by atoms with E-state index in [0.717, 1.165) is 4.88 Å². The Bertz CT molecular complexity index is 961. The molecule has 0 saturated carbocycles. The summed E-state index contributed by atoms with van der Waals surface area (Å²) in [7, 11) is 1.61. The Morgan fingerprint density at radius 2 is 2.07 bits per heavy atom. The zero-order chi connectivity index (χ0) is 21.3. The van der Waals surface area contributed by atoms with E-state index in [-0.39, 0.29) is 18.0 Å². The second kappa shape index (κ2) is 10.6. The normalized spacial score (nSPS) is 11.6. The van der Waals surface area contributed by atoms with E-state index in [0.29, 0.717) is 36.3 Å². The second-order valence-electron chi connectivity index (χ2n) is 5.96. The van der Waals surface area contributed by atoms with Crippen LogP contribution in [0.1, 0.15) is 18.2 Å². The molecule has 3 aromatic rings. The molecule has 2 N–H and O–H groups in total. The number of ether oxygens (including phenoxy) is 2. The van der Waals surface area contributed by atoms with E-state index >= 15 is 0 Å². The van der Waals surface area contributed by atoms with Gasteiger partial charge in [-0.3, -0.25) is 4.99 Å². The van der Waals surface area contributed by atoms with Crippen molar-refractivity contribution >= 4 is 17.3 Å². The number of guanidine groups is 1. The molecule has 0 aliphatic heterocycles. The molecular weight excluding hydrogens is 414 g/mol. The third-order valence-electron chi connectivity index (χ3n) is 3.96. The van der Waals surface area contributed by atoms with Crippen molar-refractivity contribution in [1.82, 2.24) is 15.6 Å². The van der Waals surface area contributed by atoms with Gasteiger partial charge >= 0.3 is 6.61 Å². The Balaban J connectivity index is 1.61.